The van der Waals surface area contributed by atoms with Crippen molar-refractivity contribution >= 4 is 5.97 Å². The van der Waals surface area contributed by atoms with Gasteiger partial charge in [-0.25, -0.2) is 4.79 Å². The molecule has 0 atom stereocenters. The van der Waals surface area contributed by atoms with Gasteiger partial charge in [0.25, 0.3) is 0 Å². The number of carbonyl (C=O) groups is 1. The van der Waals surface area contributed by atoms with Crippen LogP contribution in [0.3, 0.4) is 0 Å². The Morgan fingerprint density at radius 2 is 2.21 bits per heavy atom. The lowest BCUT2D eigenvalue weighted by Gasteiger charge is -2.07. The van der Waals surface area contributed by atoms with Gasteiger partial charge in [-0.15, -0.1) is 10.2 Å². The number of nitrogens with zero attached hydrogens (tertiary/aromatic N) is 4. The standard InChI is InChI=1S/C13H16N4O2/c1-3-19-13(18)12-16-15-10(2)17(12)9-7-11-6-4-5-8-14-11/h4-6,8H,3,7,9H2,1-2H3. The van der Waals surface area contributed by atoms with Gasteiger partial charge < -0.3 is 9.30 Å². The highest BCUT2D eigenvalue weighted by molar-refractivity contribution is 5.85. The molecule has 100 valence electrons. The summed E-state index contributed by atoms with van der Waals surface area (Å²) in [4.78, 5) is 16.0. The Bertz CT molecular complexity index is 551. The van der Waals surface area contributed by atoms with Crippen LogP contribution in [0.1, 0.15) is 29.1 Å². The highest BCUT2D eigenvalue weighted by atomic mass is 16.5. The maximum Gasteiger partial charge on any atom is 0.376 e. The van der Waals surface area contributed by atoms with Crippen LogP contribution in [0.5, 0.6) is 0 Å². The van der Waals surface area contributed by atoms with Crippen molar-refractivity contribution in [3.05, 3.63) is 41.7 Å². The van der Waals surface area contributed by atoms with Crippen LogP contribution in [0.25, 0.3) is 0 Å². The lowest BCUT2D eigenvalue weighted by molar-refractivity contribution is 0.0505. The van der Waals surface area contributed by atoms with Gasteiger partial charge >= 0.3 is 5.97 Å². The number of esters is 1. The van der Waals surface area contributed by atoms with Gasteiger partial charge in [0, 0.05) is 24.9 Å². The summed E-state index contributed by atoms with van der Waals surface area (Å²) in [5.74, 6) is 0.499. The highest BCUT2D eigenvalue weighted by Crippen LogP contribution is 2.06. The van der Waals surface area contributed by atoms with Crippen molar-refractivity contribution < 1.29 is 9.53 Å². The van der Waals surface area contributed by atoms with Crippen LogP contribution in [0.4, 0.5) is 0 Å². The second-order valence-electron chi connectivity index (χ2n) is 4.01. The van der Waals surface area contributed by atoms with Crippen molar-refractivity contribution in [1.82, 2.24) is 19.7 Å². The number of rotatable bonds is 5. The molecule has 2 aromatic rings. The Morgan fingerprint density at radius 3 is 2.89 bits per heavy atom. The van der Waals surface area contributed by atoms with Crippen LogP contribution in [-0.4, -0.2) is 32.3 Å². The van der Waals surface area contributed by atoms with Gasteiger partial charge in [-0.3, -0.25) is 4.98 Å². The predicted octanol–water partition coefficient (Wildman–Crippen LogP) is 1.40. The van der Waals surface area contributed by atoms with Gasteiger partial charge in [-0.1, -0.05) is 6.07 Å². The molecule has 2 aromatic heterocycles. The fraction of sp³-hybridized carbons (Fsp3) is 0.385. The summed E-state index contributed by atoms with van der Waals surface area (Å²) in [5.41, 5.74) is 0.963. The summed E-state index contributed by atoms with van der Waals surface area (Å²) in [7, 11) is 0. The summed E-state index contributed by atoms with van der Waals surface area (Å²) < 4.78 is 6.71. The SMILES string of the molecule is CCOC(=O)c1nnc(C)n1CCc1ccccn1. The van der Waals surface area contributed by atoms with Crippen molar-refractivity contribution in [3.8, 4) is 0 Å². The van der Waals surface area contributed by atoms with E-state index < -0.39 is 5.97 Å². The molecular formula is C13H16N4O2. The summed E-state index contributed by atoms with van der Waals surface area (Å²) in [5, 5.41) is 7.79. The Balaban J connectivity index is 2.11. The molecule has 0 radical (unpaired) electrons. The minimum Gasteiger partial charge on any atom is -0.460 e. The Labute approximate surface area is 111 Å². The van der Waals surface area contributed by atoms with Crippen molar-refractivity contribution in [1.29, 1.82) is 0 Å². The third-order valence-corrected chi connectivity index (χ3v) is 2.71. The molecule has 0 bridgehead atoms. The second-order valence-corrected chi connectivity index (χ2v) is 4.01. The molecule has 6 heteroatoms. The quantitative estimate of drug-likeness (QED) is 0.760. The van der Waals surface area contributed by atoms with E-state index in [4.69, 9.17) is 4.74 Å². The van der Waals surface area contributed by atoms with Crippen LogP contribution >= 0.6 is 0 Å². The number of pyridine rings is 1. The number of aromatic nitrogens is 4. The normalized spacial score (nSPS) is 10.4. The van der Waals surface area contributed by atoms with E-state index in [0.29, 0.717) is 25.4 Å². The minimum atomic E-state index is -0.441. The average Bonchev–Trinajstić information content (AvgIpc) is 2.79. The van der Waals surface area contributed by atoms with E-state index in [-0.39, 0.29) is 5.82 Å². The fourth-order valence-corrected chi connectivity index (χ4v) is 1.77. The summed E-state index contributed by atoms with van der Waals surface area (Å²) >= 11 is 0. The smallest absolute Gasteiger partial charge is 0.376 e. The molecule has 0 spiro atoms. The molecule has 0 aliphatic rings. The van der Waals surface area contributed by atoms with Crippen molar-refractivity contribution in [2.24, 2.45) is 0 Å². The van der Waals surface area contributed by atoms with Crippen LogP contribution in [0.2, 0.25) is 0 Å². The van der Waals surface area contributed by atoms with Gasteiger partial charge in [-0.2, -0.15) is 0 Å². The van der Waals surface area contributed by atoms with E-state index in [0.717, 1.165) is 5.69 Å². The molecule has 6 nitrogen and oxygen atoms in total. The van der Waals surface area contributed by atoms with Gasteiger partial charge in [0.1, 0.15) is 5.82 Å². The van der Waals surface area contributed by atoms with E-state index >= 15 is 0 Å². The summed E-state index contributed by atoms with van der Waals surface area (Å²) in [6.45, 7) is 4.50. The molecule has 2 rings (SSSR count). The van der Waals surface area contributed by atoms with Crippen LogP contribution < -0.4 is 0 Å². The molecule has 2 heterocycles. The first kappa shape index (κ1) is 13.2. The molecule has 0 unspecified atom stereocenters. The van der Waals surface area contributed by atoms with E-state index in [1.165, 1.54) is 0 Å². The predicted molar refractivity (Wildman–Crippen MR) is 68.7 cm³/mol. The fourth-order valence-electron chi connectivity index (χ4n) is 1.77. The molecule has 19 heavy (non-hydrogen) atoms. The molecule has 0 aliphatic heterocycles. The lowest BCUT2D eigenvalue weighted by Crippen LogP contribution is -2.15. The molecular weight excluding hydrogens is 244 g/mol. The second kappa shape index (κ2) is 6.08. The molecule has 0 fully saturated rings. The molecule has 0 aliphatic carbocycles. The molecule has 0 aromatic carbocycles. The summed E-state index contributed by atoms with van der Waals surface area (Å²) in [6.07, 6.45) is 2.47. The topological polar surface area (TPSA) is 69.9 Å². The number of hydrogen-bond acceptors (Lipinski definition) is 5. The largest absolute Gasteiger partial charge is 0.460 e. The third-order valence-electron chi connectivity index (χ3n) is 2.71. The number of carbonyl (C=O) groups excluding carboxylic acids is 1. The molecule has 0 amide bonds. The maximum atomic E-state index is 11.7. The number of hydrogen-bond donors (Lipinski definition) is 0. The maximum absolute atomic E-state index is 11.7. The van der Waals surface area contributed by atoms with Gasteiger partial charge in [0.15, 0.2) is 0 Å². The molecule has 0 N–H and O–H groups in total. The van der Waals surface area contributed by atoms with E-state index in [1.807, 2.05) is 25.1 Å². The van der Waals surface area contributed by atoms with E-state index in [9.17, 15) is 4.79 Å². The van der Waals surface area contributed by atoms with Crippen LogP contribution in [0, 0.1) is 6.92 Å². The Hall–Kier alpha value is -2.24. The van der Waals surface area contributed by atoms with E-state index in [1.54, 1.807) is 17.7 Å². The van der Waals surface area contributed by atoms with Crippen LogP contribution in [-0.2, 0) is 17.7 Å². The van der Waals surface area contributed by atoms with Crippen molar-refractivity contribution in [3.63, 3.8) is 0 Å². The first-order valence-corrected chi connectivity index (χ1v) is 6.19. The molecule has 0 saturated carbocycles. The van der Waals surface area contributed by atoms with E-state index in [2.05, 4.69) is 15.2 Å². The highest BCUT2D eigenvalue weighted by Gasteiger charge is 2.17. The first-order valence-electron chi connectivity index (χ1n) is 6.19. The molecule has 0 saturated heterocycles. The Morgan fingerprint density at radius 1 is 1.37 bits per heavy atom. The Kier molecular flexibility index (Phi) is 4.22. The number of ether oxygens (including phenoxy) is 1. The third kappa shape index (κ3) is 3.15. The average molecular weight is 260 g/mol. The lowest BCUT2D eigenvalue weighted by atomic mass is 10.2. The zero-order valence-electron chi connectivity index (χ0n) is 11.0. The van der Waals surface area contributed by atoms with Gasteiger partial charge in [0.2, 0.25) is 5.82 Å². The zero-order valence-corrected chi connectivity index (χ0v) is 11.0. The van der Waals surface area contributed by atoms with Crippen molar-refractivity contribution in [2.45, 2.75) is 26.8 Å². The zero-order chi connectivity index (χ0) is 13.7. The van der Waals surface area contributed by atoms with Crippen molar-refractivity contribution in [2.75, 3.05) is 6.61 Å². The first-order chi connectivity index (χ1) is 9.22. The van der Waals surface area contributed by atoms with Crippen LogP contribution in [0.15, 0.2) is 24.4 Å². The summed E-state index contributed by atoms with van der Waals surface area (Å²) in [6, 6.07) is 5.76. The minimum absolute atomic E-state index is 0.246. The monoisotopic (exact) mass is 260 g/mol. The van der Waals surface area contributed by atoms with Gasteiger partial charge in [-0.05, 0) is 26.0 Å². The van der Waals surface area contributed by atoms with Gasteiger partial charge in [0.05, 0.1) is 6.61 Å². The number of aryl methyl sites for hydroxylation is 2.